The number of hydrogen-bond donors (Lipinski definition) is 1. The van der Waals surface area contributed by atoms with Crippen LogP contribution in [0.3, 0.4) is 0 Å². The van der Waals surface area contributed by atoms with E-state index in [-0.39, 0.29) is 18.1 Å². The van der Waals surface area contributed by atoms with Crippen molar-refractivity contribution in [3.05, 3.63) is 29.6 Å². The van der Waals surface area contributed by atoms with E-state index in [0.29, 0.717) is 23.8 Å². The van der Waals surface area contributed by atoms with Gasteiger partial charge in [0.1, 0.15) is 17.9 Å². The highest BCUT2D eigenvalue weighted by Gasteiger charge is 2.17. The smallest absolute Gasteiger partial charge is 0.337 e. The Balaban J connectivity index is 2.49. The minimum Gasteiger partial charge on any atom is -0.478 e. The minimum absolute atomic E-state index is 0.0428. The molecule has 0 aliphatic carbocycles. The number of benzene rings is 1. The molecule has 0 saturated carbocycles. The number of esters is 1. The number of carboxylic acid groups (broad SMARTS) is 1. The van der Waals surface area contributed by atoms with Gasteiger partial charge in [0.25, 0.3) is 0 Å². The molecule has 2 rings (SSSR count). The van der Waals surface area contributed by atoms with Crippen molar-refractivity contribution in [3.63, 3.8) is 0 Å². The summed E-state index contributed by atoms with van der Waals surface area (Å²) in [6.07, 6.45) is 0.926. The van der Waals surface area contributed by atoms with Gasteiger partial charge in [-0.25, -0.2) is 9.78 Å². The van der Waals surface area contributed by atoms with Gasteiger partial charge in [-0.15, -0.1) is 0 Å². The van der Waals surface area contributed by atoms with E-state index >= 15 is 0 Å². The van der Waals surface area contributed by atoms with Crippen molar-refractivity contribution in [2.24, 2.45) is 5.92 Å². The second-order valence-corrected chi connectivity index (χ2v) is 5.62. The fraction of sp³-hybridized carbons (Fsp3) is 0.438. The predicted molar refractivity (Wildman–Crippen MR) is 81.6 cm³/mol. The van der Waals surface area contributed by atoms with Crippen LogP contribution in [0.15, 0.2) is 18.2 Å². The summed E-state index contributed by atoms with van der Waals surface area (Å²) in [6, 6.07) is 5.07. The summed E-state index contributed by atoms with van der Waals surface area (Å²) in [5.41, 5.74) is 1.34. The van der Waals surface area contributed by atoms with E-state index < -0.39 is 5.97 Å². The maximum atomic E-state index is 11.3. The van der Waals surface area contributed by atoms with E-state index in [2.05, 4.69) is 18.8 Å². The van der Waals surface area contributed by atoms with Crippen LogP contribution in [0.2, 0.25) is 0 Å². The first-order valence-electron chi connectivity index (χ1n) is 7.25. The Morgan fingerprint density at radius 3 is 2.68 bits per heavy atom. The van der Waals surface area contributed by atoms with Crippen LogP contribution in [0.25, 0.3) is 11.0 Å². The van der Waals surface area contributed by atoms with Crippen molar-refractivity contribution in [2.75, 3.05) is 0 Å². The Labute approximate surface area is 128 Å². The Morgan fingerprint density at radius 1 is 1.36 bits per heavy atom. The molecule has 0 aliphatic heterocycles. The third kappa shape index (κ3) is 3.44. The van der Waals surface area contributed by atoms with E-state index in [0.717, 1.165) is 11.9 Å². The number of para-hydroxylation sites is 1. The molecule has 1 aromatic carbocycles. The summed E-state index contributed by atoms with van der Waals surface area (Å²) in [4.78, 5) is 26.8. The van der Waals surface area contributed by atoms with Gasteiger partial charge in [0.2, 0.25) is 0 Å². The highest BCUT2D eigenvalue weighted by molar-refractivity contribution is 6.01. The van der Waals surface area contributed by atoms with E-state index in [1.807, 2.05) is 10.6 Å². The average Bonchev–Trinajstić information content (AvgIpc) is 2.80. The lowest BCUT2D eigenvalue weighted by Gasteiger charge is -2.11. The molecule has 2 aromatic rings. The maximum absolute atomic E-state index is 11.3. The molecule has 0 atom stereocenters. The van der Waals surface area contributed by atoms with Crippen molar-refractivity contribution in [1.29, 1.82) is 0 Å². The molecule has 1 N–H and O–H groups in total. The molecule has 0 amide bonds. The number of carboxylic acids is 1. The van der Waals surface area contributed by atoms with Gasteiger partial charge >= 0.3 is 11.9 Å². The zero-order valence-corrected chi connectivity index (χ0v) is 13.0. The number of aromatic nitrogens is 2. The van der Waals surface area contributed by atoms with E-state index in [9.17, 15) is 14.7 Å². The normalized spacial score (nSPS) is 11.1. The molecule has 0 fully saturated rings. The second kappa shape index (κ2) is 6.60. The maximum Gasteiger partial charge on any atom is 0.337 e. The number of ether oxygens (including phenoxy) is 1. The summed E-state index contributed by atoms with van der Waals surface area (Å²) >= 11 is 0. The van der Waals surface area contributed by atoms with Crippen LogP contribution in [0.1, 0.15) is 43.4 Å². The topological polar surface area (TPSA) is 81.4 Å². The Morgan fingerprint density at radius 2 is 2.09 bits per heavy atom. The number of carbonyl (C=O) groups is 2. The van der Waals surface area contributed by atoms with E-state index in [1.165, 1.54) is 13.0 Å². The monoisotopic (exact) mass is 304 g/mol. The molecule has 22 heavy (non-hydrogen) atoms. The lowest BCUT2D eigenvalue weighted by atomic mass is 10.1. The van der Waals surface area contributed by atoms with Crippen LogP contribution in [-0.4, -0.2) is 26.6 Å². The number of aromatic carboxylic acids is 1. The largest absolute Gasteiger partial charge is 0.478 e. The molecule has 6 heteroatoms. The van der Waals surface area contributed by atoms with Crippen molar-refractivity contribution < 1.29 is 19.4 Å². The number of rotatable bonds is 6. The summed E-state index contributed by atoms with van der Waals surface area (Å²) in [5, 5.41) is 9.28. The molecule has 118 valence electrons. The number of nitrogens with zero attached hydrogens (tertiary/aromatic N) is 2. The van der Waals surface area contributed by atoms with Gasteiger partial charge in [-0.05, 0) is 24.5 Å². The van der Waals surface area contributed by atoms with Crippen LogP contribution in [0.4, 0.5) is 0 Å². The SMILES string of the molecule is CC(=O)OCc1nc2c(C(=O)O)cccc2n1CCC(C)C. The van der Waals surface area contributed by atoms with Crippen molar-refractivity contribution in [3.8, 4) is 0 Å². The first-order chi connectivity index (χ1) is 10.4. The van der Waals surface area contributed by atoms with Crippen LogP contribution in [0, 0.1) is 5.92 Å². The molecule has 0 radical (unpaired) electrons. The van der Waals surface area contributed by atoms with Crippen molar-refractivity contribution in [2.45, 2.75) is 40.3 Å². The van der Waals surface area contributed by atoms with Crippen LogP contribution >= 0.6 is 0 Å². The highest BCUT2D eigenvalue weighted by Crippen LogP contribution is 2.22. The number of fused-ring (bicyclic) bond motifs is 1. The fourth-order valence-electron chi connectivity index (χ4n) is 2.28. The fourth-order valence-corrected chi connectivity index (χ4v) is 2.28. The summed E-state index contributed by atoms with van der Waals surface area (Å²) in [6.45, 7) is 6.32. The summed E-state index contributed by atoms with van der Waals surface area (Å²) in [5.74, 6) is -0.333. The van der Waals surface area contributed by atoms with Crippen molar-refractivity contribution >= 4 is 23.0 Å². The predicted octanol–water partition coefficient (Wildman–Crippen LogP) is 2.84. The van der Waals surface area contributed by atoms with Gasteiger partial charge in [-0.3, -0.25) is 4.79 Å². The molecule has 0 aliphatic rings. The summed E-state index contributed by atoms with van der Waals surface area (Å²) < 4.78 is 6.97. The molecule has 1 heterocycles. The van der Waals surface area contributed by atoms with Gasteiger partial charge < -0.3 is 14.4 Å². The quantitative estimate of drug-likeness (QED) is 0.830. The standard InChI is InChI=1S/C16H20N2O4/c1-10(2)7-8-18-13-6-4-5-12(16(20)21)15(13)17-14(18)9-22-11(3)19/h4-6,10H,7-9H2,1-3H3,(H,20,21). The third-order valence-corrected chi connectivity index (χ3v) is 3.42. The summed E-state index contributed by atoms with van der Waals surface area (Å²) in [7, 11) is 0. The van der Waals surface area contributed by atoms with Crippen LogP contribution in [-0.2, 0) is 22.7 Å². The molecule has 0 bridgehead atoms. The van der Waals surface area contributed by atoms with Gasteiger partial charge in [-0.1, -0.05) is 19.9 Å². The first-order valence-corrected chi connectivity index (χ1v) is 7.25. The molecule has 0 unspecified atom stereocenters. The molecule has 0 spiro atoms. The number of aryl methyl sites for hydroxylation is 1. The first kappa shape index (κ1) is 16.0. The van der Waals surface area contributed by atoms with Gasteiger partial charge in [0.15, 0.2) is 0 Å². The van der Waals surface area contributed by atoms with E-state index in [1.54, 1.807) is 6.07 Å². The lowest BCUT2D eigenvalue weighted by Crippen LogP contribution is -2.09. The molecule has 6 nitrogen and oxygen atoms in total. The molecule has 0 saturated heterocycles. The Bertz CT molecular complexity index is 703. The van der Waals surface area contributed by atoms with Gasteiger partial charge in [0, 0.05) is 13.5 Å². The molecule has 1 aromatic heterocycles. The molecular weight excluding hydrogens is 284 g/mol. The number of hydrogen-bond acceptors (Lipinski definition) is 4. The van der Waals surface area contributed by atoms with Crippen molar-refractivity contribution in [1.82, 2.24) is 9.55 Å². The second-order valence-electron chi connectivity index (χ2n) is 5.62. The van der Waals surface area contributed by atoms with Gasteiger partial charge in [-0.2, -0.15) is 0 Å². The lowest BCUT2D eigenvalue weighted by molar-refractivity contribution is -0.142. The van der Waals surface area contributed by atoms with E-state index in [4.69, 9.17) is 4.74 Å². The Kier molecular flexibility index (Phi) is 4.80. The molecular formula is C16H20N2O4. The van der Waals surface area contributed by atoms with Gasteiger partial charge in [0.05, 0.1) is 11.1 Å². The van der Waals surface area contributed by atoms with Crippen LogP contribution in [0.5, 0.6) is 0 Å². The third-order valence-electron chi connectivity index (χ3n) is 3.42. The zero-order chi connectivity index (χ0) is 16.3. The number of carbonyl (C=O) groups excluding carboxylic acids is 1. The minimum atomic E-state index is -1.02. The highest BCUT2D eigenvalue weighted by atomic mass is 16.5. The Hall–Kier alpha value is -2.37. The number of imidazole rings is 1. The zero-order valence-electron chi connectivity index (χ0n) is 13.0. The average molecular weight is 304 g/mol. The van der Waals surface area contributed by atoms with Crippen LogP contribution < -0.4 is 0 Å².